The van der Waals surface area contributed by atoms with E-state index in [1.165, 1.54) is 5.56 Å². The Morgan fingerprint density at radius 3 is 2.67 bits per heavy atom. The van der Waals surface area contributed by atoms with Gasteiger partial charge in [-0.3, -0.25) is 0 Å². The number of nitrogens with zero attached hydrogens (tertiary/aromatic N) is 3. The van der Waals surface area contributed by atoms with Crippen molar-refractivity contribution in [3.05, 3.63) is 29.7 Å². The van der Waals surface area contributed by atoms with Crippen LogP contribution in [0.4, 0.5) is 0 Å². The van der Waals surface area contributed by atoms with Crippen LogP contribution in [0.1, 0.15) is 57.6 Å². The van der Waals surface area contributed by atoms with Gasteiger partial charge < -0.3 is 10.4 Å². The zero-order chi connectivity index (χ0) is 17.4. The van der Waals surface area contributed by atoms with E-state index in [4.69, 9.17) is 0 Å². The van der Waals surface area contributed by atoms with Gasteiger partial charge in [-0.2, -0.15) is 5.10 Å². The lowest BCUT2D eigenvalue weighted by atomic mass is 9.76. The second kappa shape index (κ2) is 6.81. The molecule has 2 N–H and O–H groups in total. The van der Waals surface area contributed by atoms with Crippen LogP contribution in [-0.2, 0) is 0 Å². The van der Waals surface area contributed by atoms with E-state index in [1.807, 2.05) is 4.52 Å². The number of aliphatic hydroxyl groups excluding tert-OH is 1. The van der Waals surface area contributed by atoms with Gasteiger partial charge in [0.2, 0.25) is 0 Å². The van der Waals surface area contributed by atoms with Gasteiger partial charge in [-0.05, 0) is 42.7 Å². The van der Waals surface area contributed by atoms with E-state index in [9.17, 15) is 5.11 Å². The standard InChI is InChI=1S/C19H30N4O/c1-11(2)17-15(6-7-16(22-17)18(24)12(3)4)14-8-13(5)19-20-10-21-23(19)9-14/h8-12,15-18,22,24H,6-7H2,1-5H3. The summed E-state index contributed by atoms with van der Waals surface area (Å²) in [6.45, 7) is 10.8. The third-order valence-electron chi connectivity index (χ3n) is 5.45. The molecular weight excluding hydrogens is 300 g/mol. The third-order valence-corrected chi connectivity index (χ3v) is 5.45. The lowest BCUT2D eigenvalue weighted by Gasteiger charge is -2.42. The lowest BCUT2D eigenvalue weighted by Crippen LogP contribution is -2.54. The molecule has 5 nitrogen and oxygen atoms in total. The Kier molecular flexibility index (Phi) is 4.92. The summed E-state index contributed by atoms with van der Waals surface area (Å²) in [5, 5.41) is 18.5. The SMILES string of the molecule is Cc1cc(C2CCC(C(O)C(C)C)NC2C(C)C)cn2ncnc12. The number of aromatic nitrogens is 3. The highest BCUT2D eigenvalue weighted by molar-refractivity contribution is 5.47. The van der Waals surface area contributed by atoms with Crippen molar-refractivity contribution in [2.75, 3.05) is 0 Å². The van der Waals surface area contributed by atoms with Crippen LogP contribution in [0.25, 0.3) is 5.65 Å². The number of fused-ring (bicyclic) bond motifs is 1. The first-order valence-corrected chi connectivity index (χ1v) is 9.12. The van der Waals surface area contributed by atoms with Crippen molar-refractivity contribution in [2.24, 2.45) is 11.8 Å². The maximum absolute atomic E-state index is 10.5. The van der Waals surface area contributed by atoms with Gasteiger partial charge in [0.25, 0.3) is 0 Å². The molecule has 0 aromatic carbocycles. The summed E-state index contributed by atoms with van der Waals surface area (Å²) in [4.78, 5) is 4.32. The van der Waals surface area contributed by atoms with Gasteiger partial charge in [-0.15, -0.1) is 0 Å². The van der Waals surface area contributed by atoms with Gasteiger partial charge >= 0.3 is 0 Å². The minimum absolute atomic E-state index is 0.185. The van der Waals surface area contributed by atoms with E-state index < -0.39 is 0 Å². The Morgan fingerprint density at radius 2 is 2.00 bits per heavy atom. The number of hydrogen-bond acceptors (Lipinski definition) is 4. The molecule has 1 aliphatic rings. The summed E-state index contributed by atoms with van der Waals surface area (Å²) < 4.78 is 1.89. The Balaban J connectivity index is 1.88. The van der Waals surface area contributed by atoms with E-state index in [1.54, 1.807) is 6.33 Å². The number of hydrogen-bond donors (Lipinski definition) is 2. The molecule has 1 saturated heterocycles. The van der Waals surface area contributed by atoms with Crippen LogP contribution in [-0.4, -0.2) is 37.9 Å². The first-order valence-electron chi connectivity index (χ1n) is 9.12. The summed E-state index contributed by atoms with van der Waals surface area (Å²) in [6.07, 6.45) is 5.54. The second-order valence-electron chi connectivity index (χ2n) is 7.95. The van der Waals surface area contributed by atoms with Crippen molar-refractivity contribution in [3.8, 4) is 0 Å². The first kappa shape index (κ1) is 17.4. The maximum atomic E-state index is 10.5. The number of pyridine rings is 1. The molecule has 2 aromatic heterocycles. The van der Waals surface area contributed by atoms with Crippen molar-refractivity contribution in [3.63, 3.8) is 0 Å². The molecule has 0 bridgehead atoms. The number of piperidine rings is 1. The molecule has 3 heterocycles. The molecule has 0 radical (unpaired) electrons. The molecule has 0 aliphatic carbocycles. The molecule has 2 aromatic rings. The van der Waals surface area contributed by atoms with E-state index in [-0.39, 0.29) is 18.1 Å². The van der Waals surface area contributed by atoms with Crippen LogP contribution in [0.15, 0.2) is 18.6 Å². The maximum Gasteiger partial charge on any atom is 0.158 e. The molecule has 24 heavy (non-hydrogen) atoms. The molecule has 3 rings (SSSR count). The molecule has 0 spiro atoms. The zero-order valence-electron chi connectivity index (χ0n) is 15.4. The van der Waals surface area contributed by atoms with Crippen LogP contribution in [0, 0.1) is 18.8 Å². The van der Waals surface area contributed by atoms with Gasteiger partial charge in [-0.25, -0.2) is 9.50 Å². The Morgan fingerprint density at radius 1 is 1.25 bits per heavy atom. The fourth-order valence-corrected chi connectivity index (χ4v) is 4.07. The molecule has 5 heteroatoms. The predicted octanol–water partition coefficient (Wildman–Crippen LogP) is 2.91. The van der Waals surface area contributed by atoms with Gasteiger partial charge in [0, 0.05) is 24.2 Å². The van der Waals surface area contributed by atoms with E-state index in [0.717, 1.165) is 24.1 Å². The predicted molar refractivity (Wildman–Crippen MR) is 96.1 cm³/mol. The Bertz CT molecular complexity index is 694. The summed E-state index contributed by atoms with van der Waals surface area (Å²) in [5.74, 6) is 1.22. The van der Waals surface area contributed by atoms with Crippen LogP contribution in [0.3, 0.4) is 0 Å². The van der Waals surface area contributed by atoms with Gasteiger partial charge in [0.1, 0.15) is 6.33 Å². The normalized spacial score (nSPS) is 26.4. The minimum Gasteiger partial charge on any atom is -0.391 e. The molecule has 0 saturated carbocycles. The van der Waals surface area contributed by atoms with Gasteiger partial charge in [0.15, 0.2) is 5.65 Å². The van der Waals surface area contributed by atoms with Crippen LogP contribution in [0.5, 0.6) is 0 Å². The van der Waals surface area contributed by atoms with Crippen LogP contribution < -0.4 is 5.32 Å². The number of aliphatic hydroxyl groups is 1. The van der Waals surface area contributed by atoms with Crippen LogP contribution in [0.2, 0.25) is 0 Å². The van der Waals surface area contributed by atoms with Crippen molar-refractivity contribution in [1.29, 1.82) is 0 Å². The summed E-state index contributed by atoms with van der Waals surface area (Å²) in [5.41, 5.74) is 3.41. The Hall–Kier alpha value is -1.46. The molecule has 1 fully saturated rings. The summed E-state index contributed by atoms with van der Waals surface area (Å²) >= 11 is 0. The number of aryl methyl sites for hydroxylation is 1. The second-order valence-corrected chi connectivity index (χ2v) is 7.95. The van der Waals surface area contributed by atoms with E-state index in [2.05, 4.69) is 62.3 Å². The average Bonchev–Trinajstić information content (AvgIpc) is 3.02. The average molecular weight is 330 g/mol. The van der Waals surface area contributed by atoms with Crippen LogP contribution >= 0.6 is 0 Å². The molecule has 132 valence electrons. The smallest absolute Gasteiger partial charge is 0.158 e. The molecule has 0 amide bonds. The lowest BCUT2D eigenvalue weighted by molar-refractivity contribution is 0.0529. The topological polar surface area (TPSA) is 62.5 Å². The largest absolute Gasteiger partial charge is 0.391 e. The minimum atomic E-state index is -0.285. The number of rotatable bonds is 4. The molecule has 4 atom stereocenters. The third kappa shape index (κ3) is 3.20. The zero-order valence-corrected chi connectivity index (χ0v) is 15.4. The first-order chi connectivity index (χ1) is 11.4. The van der Waals surface area contributed by atoms with Gasteiger partial charge in [-0.1, -0.05) is 33.8 Å². The number of nitrogens with one attached hydrogen (secondary N) is 1. The monoisotopic (exact) mass is 330 g/mol. The summed E-state index contributed by atoms with van der Waals surface area (Å²) in [6, 6.07) is 2.80. The molecule has 4 unspecified atom stereocenters. The van der Waals surface area contributed by atoms with Crippen molar-refractivity contribution in [1.82, 2.24) is 19.9 Å². The Labute approximate surface area is 144 Å². The highest BCUT2D eigenvalue weighted by atomic mass is 16.3. The quantitative estimate of drug-likeness (QED) is 0.905. The van der Waals surface area contributed by atoms with Crippen molar-refractivity contribution in [2.45, 2.75) is 71.6 Å². The van der Waals surface area contributed by atoms with Crippen molar-refractivity contribution >= 4 is 5.65 Å². The van der Waals surface area contributed by atoms with E-state index in [0.29, 0.717) is 17.9 Å². The molecule has 1 aliphatic heterocycles. The molecular formula is C19H30N4O. The highest BCUT2D eigenvalue weighted by Gasteiger charge is 2.36. The fraction of sp³-hybridized carbons (Fsp3) is 0.684. The van der Waals surface area contributed by atoms with Gasteiger partial charge in [0.05, 0.1) is 6.10 Å². The highest BCUT2D eigenvalue weighted by Crippen LogP contribution is 2.35. The van der Waals surface area contributed by atoms with E-state index >= 15 is 0 Å². The van der Waals surface area contributed by atoms with Crippen molar-refractivity contribution < 1.29 is 5.11 Å². The fourth-order valence-electron chi connectivity index (χ4n) is 4.07. The summed E-state index contributed by atoms with van der Waals surface area (Å²) in [7, 11) is 0.